The first-order valence-electron chi connectivity index (χ1n) is 8.30. The Morgan fingerprint density at radius 2 is 1.62 bits per heavy atom. The molecule has 1 aromatic carbocycles. The predicted molar refractivity (Wildman–Crippen MR) is 92.7 cm³/mol. The van der Waals surface area contributed by atoms with Crippen LogP contribution in [0.25, 0.3) is 0 Å². The molecule has 132 valence electrons. The third-order valence-electron chi connectivity index (χ3n) is 4.26. The molecule has 0 aromatic heterocycles. The van der Waals surface area contributed by atoms with E-state index in [0.29, 0.717) is 39.0 Å². The zero-order chi connectivity index (χ0) is 17.7. The van der Waals surface area contributed by atoms with Crippen LogP contribution in [0, 0.1) is 0 Å². The Morgan fingerprint density at radius 3 is 2.12 bits per heavy atom. The zero-order valence-electron chi connectivity index (χ0n) is 14.7. The highest BCUT2D eigenvalue weighted by Crippen LogP contribution is 2.14. The van der Waals surface area contributed by atoms with E-state index in [9.17, 15) is 9.59 Å². The molecule has 0 spiro atoms. The minimum absolute atomic E-state index is 0.0622. The van der Waals surface area contributed by atoms with Crippen molar-refractivity contribution in [3.8, 4) is 5.75 Å². The van der Waals surface area contributed by atoms with Crippen molar-refractivity contribution in [2.24, 2.45) is 5.73 Å². The van der Waals surface area contributed by atoms with Crippen LogP contribution >= 0.6 is 0 Å². The third-order valence-corrected chi connectivity index (χ3v) is 4.26. The Labute approximate surface area is 143 Å². The lowest BCUT2D eigenvalue weighted by Gasteiger charge is -2.37. The highest BCUT2D eigenvalue weighted by Gasteiger charge is 2.31. The first-order chi connectivity index (χ1) is 11.3. The summed E-state index contributed by atoms with van der Waals surface area (Å²) >= 11 is 0. The lowest BCUT2D eigenvalue weighted by molar-refractivity contribution is -0.142. The second-order valence-electron chi connectivity index (χ2n) is 6.74. The fraction of sp³-hybridized carbons (Fsp3) is 0.556. The normalized spacial score (nSPS) is 15.3. The number of nitrogens with two attached hydrogens (primary N) is 1. The number of carbonyl (C=O) groups excluding carboxylic acids is 2. The molecule has 0 bridgehead atoms. The van der Waals surface area contributed by atoms with E-state index in [1.54, 1.807) is 25.9 Å². The van der Waals surface area contributed by atoms with Crippen LogP contribution in [-0.2, 0) is 16.0 Å². The van der Waals surface area contributed by atoms with Gasteiger partial charge in [0.15, 0.2) is 0 Å². The molecule has 0 radical (unpaired) electrons. The van der Waals surface area contributed by atoms with Crippen molar-refractivity contribution in [2.75, 3.05) is 33.3 Å². The van der Waals surface area contributed by atoms with Crippen molar-refractivity contribution in [3.63, 3.8) is 0 Å². The molecule has 1 aromatic rings. The van der Waals surface area contributed by atoms with Crippen molar-refractivity contribution in [1.82, 2.24) is 9.80 Å². The fourth-order valence-corrected chi connectivity index (χ4v) is 2.77. The summed E-state index contributed by atoms with van der Waals surface area (Å²) in [4.78, 5) is 28.1. The second-order valence-corrected chi connectivity index (χ2v) is 6.74. The smallest absolute Gasteiger partial charge is 0.242 e. The number of rotatable bonds is 5. The van der Waals surface area contributed by atoms with Crippen LogP contribution in [0.4, 0.5) is 0 Å². The van der Waals surface area contributed by atoms with Crippen LogP contribution in [0.2, 0.25) is 0 Å². The summed E-state index contributed by atoms with van der Waals surface area (Å²) in [5.74, 6) is 0.881. The number of piperazine rings is 1. The maximum absolute atomic E-state index is 12.3. The van der Waals surface area contributed by atoms with E-state index in [1.807, 2.05) is 29.2 Å². The Bertz CT molecular complexity index is 570. The number of benzene rings is 1. The maximum atomic E-state index is 12.3. The van der Waals surface area contributed by atoms with Gasteiger partial charge < -0.3 is 20.3 Å². The van der Waals surface area contributed by atoms with E-state index in [-0.39, 0.29) is 11.8 Å². The average Bonchev–Trinajstić information content (AvgIpc) is 2.58. The molecule has 1 heterocycles. The molecule has 2 amide bonds. The van der Waals surface area contributed by atoms with Gasteiger partial charge in [-0.1, -0.05) is 12.1 Å². The van der Waals surface area contributed by atoms with Gasteiger partial charge in [-0.15, -0.1) is 0 Å². The van der Waals surface area contributed by atoms with Gasteiger partial charge in [-0.25, -0.2) is 0 Å². The SMILES string of the molecule is COc1ccc(CCC(=O)N2CCN(C(=O)C(C)(C)N)CC2)cc1. The quantitative estimate of drug-likeness (QED) is 0.873. The molecule has 1 saturated heterocycles. The van der Waals surface area contributed by atoms with E-state index in [2.05, 4.69) is 0 Å². The summed E-state index contributed by atoms with van der Waals surface area (Å²) in [6, 6.07) is 7.76. The van der Waals surface area contributed by atoms with Crippen LogP contribution < -0.4 is 10.5 Å². The van der Waals surface area contributed by atoms with Gasteiger partial charge in [0.25, 0.3) is 0 Å². The zero-order valence-corrected chi connectivity index (χ0v) is 14.7. The molecule has 0 saturated carbocycles. The maximum Gasteiger partial charge on any atom is 0.242 e. The molecule has 6 nitrogen and oxygen atoms in total. The third kappa shape index (κ3) is 4.71. The summed E-state index contributed by atoms with van der Waals surface area (Å²) in [5.41, 5.74) is 6.11. The Balaban J connectivity index is 1.79. The number of nitrogens with zero attached hydrogens (tertiary/aromatic N) is 2. The Morgan fingerprint density at radius 1 is 1.08 bits per heavy atom. The summed E-state index contributed by atoms with van der Waals surface area (Å²) in [5, 5.41) is 0. The molecular weight excluding hydrogens is 306 g/mol. The molecule has 1 aliphatic rings. The van der Waals surface area contributed by atoms with E-state index in [4.69, 9.17) is 10.5 Å². The summed E-state index contributed by atoms with van der Waals surface area (Å²) < 4.78 is 5.13. The molecular formula is C18H27N3O3. The molecule has 1 aliphatic heterocycles. The van der Waals surface area contributed by atoms with Crippen LogP contribution in [0.1, 0.15) is 25.8 Å². The molecule has 0 unspecified atom stereocenters. The topological polar surface area (TPSA) is 75.9 Å². The second kappa shape index (κ2) is 7.66. The first kappa shape index (κ1) is 18.3. The van der Waals surface area contributed by atoms with Gasteiger partial charge in [0.1, 0.15) is 5.75 Å². The van der Waals surface area contributed by atoms with E-state index in [0.717, 1.165) is 11.3 Å². The number of hydrogen-bond acceptors (Lipinski definition) is 4. The van der Waals surface area contributed by atoms with Crippen LogP contribution in [0.15, 0.2) is 24.3 Å². The van der Waals surface area contributed by atoms with Crippen LogP contribution in [-0.4, -0.2) is 60.4 Å². The number of methoxy groups -OCH3 is 1. The van der Waals surface area contributed by atoms with Gasteiger partial charge in [0.05, 0.1) is 12.6 Å². The highest BCUT2D eigenvalue weighted by molar-refractivity contribution is 5.85. The minimum atomic E-state index is -0.861. The summed E-state index contributed by atoms with van der Waals surface area (Å²) in [6.45, 7) is 5.66. The van der Waals surface area contributed by atoms with Gasteiger partial charge in [0.2, 0.25) is 11.8 Å². The number of aryl methyl sites for hydroxylation is 1. The van der Waals surface area contributed by atoms with E-state index < -0.39 is 5.54 Å². The highest BCUT2D eigenvalue weighted by atomic mass is 16.5. The molecule has 24 heavy (non-hydrogen) atoms. The minimum Gasteiger partial charge on any atom is -0.497 e. The van der Waals surface area contributed by atoms with Gasteiger partial charge >= 0.3 is 0 Å². The lowest BCUT2D eigenvalue weighted by Crippen LogP contribution is -2.57. The molecule has 1 fully saturated rings. The summed E-state index contributed by atoms with van der Waals surface area (Å²) in [7, 11) is 1.63. The van der Waals surface area contributed by atoms with E-state index in [1.165, 1.54) is 0 Å². The van der Waals surface area contributed by atoms with Gasteiger partial charge in [-0.3, -0.25) is 9.59 Å². The van der Waals surface area contributed by atoms with Crippen molar-refractivity contribution < 1.29 is 14.3 Å². The standard InChI is InChI=1S/C18H27N3O3/c1-18(2,19)17(23)21-12-10-20(11-13-21)16(22)9-6-14-4-7-15(24-3)8-5-14/h4-5,7-8H,6,9-13,19H2,1-3H3. The predicted octanol–water partition coefficient (Wildman–Crippen LogP) is 1.04. The monoisotopic (exact) mass is 333 g/mol. The molecule has 2 rings (SSSR count). The van der Waals surface area contributed by atoms with E-state index >= 15 is 0 Å². The first-order valence-corrected chi connectivity index (χ1v) is 8.30. The van der Waals surface area contributed by atoms with Crippen molar-refractivity contribution >= 4 is 11.8 Å². The fourth-order valence-electron chi connectivity index (χ4n) is 2.77. The number of hydrogen-bond donors (Lipinski definition) is 1. The largest absolute Gasteiger partial charge is 0.497 e. The molecule has 0 aliphatic carbocycles. The lowest BCUT2D eigenvalue weighted by atomic mass is 10.0. The summed E-state index contributed by atoms with van der Waals surface area (Å²) in [6.07, 6.45) is 1.18. The number of amides is 2. The number of carbonyl (C=O) groups is 2. The van der Waals surface area contributed by atoms with Crippen molar-refractivity contribution in [3.05, 3.63) is 29.8 Å². The van der Waals surface area contributed by atoms with Crippen LogP contribution in [0.3, 0.4) is 0 Å². The molecule has 2 N–H and O–H groups in total. The molecule has 6 heteroatoms. The Kier molecular flexibility index (Phi) is 5.83. The average molecular weight is 333 g/mol. The van der Waals surface area contributed by atoms with Crippen molar-refractivity contribution in [1.29, 1.82) is 0 Å². The van der Waals surface area contributed by atoms with Gasteiger partial charge in [-0.2, -0.15) is 0 Å². The van der Waals surface area contributed by atoms with Gasteiger partial charge in [-0.05, 0) is 38.0 Å². The van der Waals surface area contributed by atoms with Gasteiger partial charge in [0, 0.05) is 32.6 Å². The molecule has 0 atom stereocenters. The Hall–Kier alpha value is -2.08. The van der Waals surface area contributed by atoms with Crippen molar-refractivity contribution in [2.45, 2.75) is 32.2 Å². The van der Waals surface area contributed by atoms with Crippen LogP contribution in [0.5, 0.6) is 5.75 Å². The number of ether oxygens (including phenoxy) is 1.